The maximum Gasteiger partial charge on any atom is 2.00 e. The summed E-state index contributed by atoms with van der Waals surface area (Å²) in [5.74, 6) is 0.718. The summed E-state index contributed by atoms with van der Waals surface area (Å²) in [6.45, 7) is 0.236. The van der Waals surface area contributed by atoms with Crippen LogP contribution in [0.5, 0.6) is 5.75 Å². The Hall–Kier alpha value is -0.554. The largest absolute Gasteiger partial charge is 2.00 e. The van der Waals surface area contributed by atoms with Gasteiger partial charge in [0, 0.05) is 12.9 Å². The first-order chi connectivity index (χ1) is 7.92. The first kappa shape index (κ1) is 17.4. The van der Waals surface area contributed by atoms with Crippen LogP contribution in [0.4, 0.5) is 0 Å². The molecule has 90 valence electrons. The molecular weight excluding hydrogens is 304 g/mol. The molecule has 0 aliphatic carbocycles. The number of halogens is 1. The summed E-state index contributed by atoms with van der Waals surface area (Å²) in [5, 5.41) is 0. The van der Waals surface area contributed by atoms with Gasteiger partial charge in [0.05, 0.1) is 0 Å². The summed E-state index contributed by atoms with van der Waals surface area (Å²) >= 11 is 0. The molecule has 2 aromatic rings. The van der Waals surface area contributed by atoms with Crippen molar-refractivity contribution < 1.29 is 26.5 Å². The Balaban J connectivity index is 0.00000144. The molecule has 0 aliphatic rings. The molecular formula is C14H13BrMgO2. The summed E-state index contributed by atoms with van der Waals surface area (Å²) in [7, 11) is 1.60. The number of hydrogen-bond donors (Lipinski definition) is 0. The summed E-state index contributed by atoms with van der Waals surface area (Å²) in [4.78, 5) is 0. The molecule has 0 saturated heterocycles. The van der Waals surface area contributed by atoms with Gasteiger partial charge in [0.2, 0.25) is 0 Å². The monoisotopic (exact) mass is 316 g/mol. The van der Waals surface area contributed by atoms with E-state index in [0.29, 0.717) is 0 Å². The van der Waals surface area contributed by atoms with Crippen molar-refractivity contribution in [1.29, 1.82) is 0 Å². The van der Waals surface area contributed by atoms with E-state index in [4.69, 9.17) is 9.47 Å². The molecule has 0 unspecified atom stereocenters. The normalized spacial score (nSPS) is 8.94. The van der Waals surface area contributed by atoms with Crippen LogP contribution in [-0.2, 0) is 4.74 Å². The fraction of sp³-hybridized carbons (Fsp3) is 0.143. The smallest absolute Gasteiger partial charge is 1.00 e. The maximum atomic E-state index is 5.46. The average Bonchev–Trinajstić information content (AvgIpc) is 2.38. The molecule has 0 bridgehead atoms. The van der Waals surface area contributed by atoms with E-state index >= 15 is 0 Å². The van der Waals surface area contributed by atoms with E-state index in [1.54, 1.807) is 7.11 Å². The van der Waals surface area contributed by atoms with Crippen molar-refractivity contribution in [2.45, 2.75) is 0 Å². The van der Waals surface area contributed by atoms with Crippen molar-refractivity contribution >= 4 is 23.1 Å². The SMILES string of the molecule is COCOc1[c-]cccc1-c1ccccc1.[Br-].[Mg+2]. The molecule has 0 fully saturated rings. The van der Waals surface area contributed by atoms with Gasteiger partial charge in [-0.2, -0.15) is 18.2 Å². The Morgan fingerprint density at radius 1 is 1.06 bits per heavy atom. The first-order valence-corrected chi connectivity index (χ1v) is 5.09. The van der Waals surface area contributed by atoms with Gasteiger partial charge < -0.3 is 26.5 Å². The van der Waals surface area contributed by atoms with Crippen molar-refractivity contribution in [2.24, 2.45) is 0 Å². The second-order valence-corrected chi connectivity index (χ2v) is 3.33. The van der Waals surface area contributed by atoms with Gasteiger partial charge in [-0.25, -0.2) is 0 Å². The molecule has 0 radical (unpaired) electrons. The third kappa shape index (κ3) is 4.61. The van der Waals surface area contributed by atoms with Crippen LogP contribution >= 0.6 is 0 Å². The Labute approximate surface area is 134 Å². The summed E-state index contributed by atoms with van der Waals surface area (Å²) in [6.07, 6.45) is 0. The maximum absolute atomic E-state index is 5.46. The van der Waals surface area contributed by atoms with Crippen molar-refractivity contribution in [2.75, 3.05) is 13.9 Å². The molecule has 0 aromatic heterocycles. The zero-order valence-electron chi connectivity index (χ0n) is 10.2. The van der Waals surface area contributed by atoms with E-state index in [0.717, 1.165) is 16.9 Å². The predicted molar refractivity (Wildman–Crippen MR) is 69.0 cm³/mol. The Bertz CT molecular complexity index is 449. The van der Waals surface area contributed by atoms with E-state index in [9.17, 15) is 0 Å². The standard InChI is InChI=1S/C14H13O2.BrH.Mg/c1-15-11-16-14-10-6-5-9-13(14)12-7-3-2-4-8-12;;/h2-9H,11H2,1H3;1H;/q-1;;+2/p-1. The number of rotatable bonds is 4. The molecule has 0 atom stereocenters. The molecule has 18 heavy (non-hydrogen) atoms. The zero-order valence-corrected chi connectivity index (χ0v) is 13.2. The minimum absolute atomic E-state index is 0. The van der Waals surface area contributed by atoms with Gasteiger partial charge in [-0.3, -0.25) is 0 Å². The quantitative estimate of drug-likeness (QED) is 0.440. The summed E-state index contributed by atoms with van der Waals surface area (Å²) in [6, 6.07) is 18.9. The van der Waals surface area contributed by atoms with Crippen molar-refractivity contribution in [1.82, 2.24) is 0 Å². The zero-order chi connectivity index (χ0) is 11.2. The van der Waals surface area contributed by atoms with Crippen LogP contribution in [0.2, 0.25) is 0 Å². The number of para-hydroxylation sites is 1. The predicted octanol–water partition coefficient (Wildman–Crippen LogP) is -0.240. The van der Waals surface area contributed by atoms with Crippen LogP contribution in [0.1, 0.15) is 0 Å². The minimum Gasteiger partial charge on any atom is -1.00 e. The first-order valence-electron chi connectivity index (χ1n) is 5.09. The number of hydrogen-bond acceptors (Lipinski definition) is 2. The van der Waals surface area contributed by atoms with Gasteiger partial charge in [-0.15, -0.1) is 6.07 Å². The van der Waals surface area contributed by atoms with Gasteiger partial charge >= 0.3 is 23.1 Å². The van der Waals surface area contributed by atoms with Crippen LogP contribution in [0.3, 0.4) is 0 Å². The second-order valence-electron chi connectivity index (χ2n) is 3.33. The molecule has 0 spiro atoms. The molecule has 4 heteroatoms. The fourth-order valence-electron chi connectivity index (χ4n) is 1.50. The Kier molecular flexibility index (Phi) is 9.10. The van der Waals surface area contributed by atoms with Crippen molar-refractivity contribution in [3.05, 3.63) is 54.6 Å². The molecule has 2 nitrogen and oxygen atoms in total. The second kappa shape index (κ2) is 9.39. The molecule has 2 rings (SSSR count). The van der Waals surface area contributed by atoms with E-state index in [-0.39, 0.29) is 46.8 Å². The van der Waals surface area contributed by atoms with Gasteiger partial charge in [0.1, 0.15) is 0 Å². The molecule has 0 amide bonds. The minimum atomic E-state index is 0. The van der Waals surface area contributed by atoms with Gasteiger partial charge in [0.15, 0.2) is 6.79 Å². The van der Waals surface area contributed by atoms with E-state index < -0.39 is 0 Å². The number of methoxy groups -OCH3 is 1. The van der Waals surface area contributed by atoms with Crippen LogP contribution in [0.15, 0.2) is 48.5 Å². The third-order valence-corrected chi connectivity index (χ3v) is 2.22. The molecule has 2 aromatic carbocycles. The molecule has 0 heterocycles. The van der Waals surface area contributed by atoms with E-state index in [2.05, 4.69) is 6.07 Å². The van der Waals surface area contributed by atoms with Crippen molar-refractivity contribution in [3.8, 4) is 16.9 Å². The van der Waals surface area contributed by atoms with Gasteiger partial charge in [0.25, 0.3) is 0 Å². The van der Waals surface area contributed by atoms with E-state index in [1.165, 1.54) is 0 Å². The molecule has 0 saturated carbocycles. The Morgan fingerprint density at radius 2 is 1.78 bits per heavy atom. The number of ether oxygens (including phenoxy) is 2. The molecule has 0 aliphatic heterocycles. The average molecular weight is 317 g/mol. The van der Waals surface area contributed by atoms with Gasteiger partial charge in [-0.1, -0.05) is 41.5 Å². The van der Waals surface area contributed by atoms with Crippen LogP contribution in [0.25, 0.3) is 11.1 Å². The van der Waals surface area contributed by atoms with E-state index in [1.807, 2.05) is 48.5 Å². The number of benzene rings is 2. The van der Waals surface area contributed by atoms with Gasteiger partial charge in [-0.05, 0) is 0 Å². The summed E-state index contributed by atoms with van der Waals surface area (Å²) < 4.78 is 10.4. The van der Waals surface area contributed by atoms with Crippen LogP contribution in [0, 0.1) is 6.07 Å². The molecule has 0 N–H and O–H groups in total. The fourth-order valence-corrected chi connectivity index (χ4v) is 1.50. The third-order valence-electron chi connectivity index (χ3n) is 2.22. The summed E-state index contributed by atoms with van der Waals surface area (Å²) in [5.41, 5.74) is 2.14. The van der Waals surface area contributed by atoms with Crippen LogP contribution < -0.4 is 21.7 Å². The van der Waals surface area contributed by atoms with Crippen molar-refractivity contribution in [3.63, 3.8) is 0 Å². The van der Waals surface area contributed by atoms with Crippen LogP contribution in [-0.4, -0.2) is 37.0 Å². The Morgan fingerprint density at radius 3 is 2.44 bits per heavy atom. The topological polar surface area (TPSA) is 18.5 Å².